The highest BCUT2D eigenvalue weighted by Gasteiger charge is 2.18. The Morgan fingerprint density at radius 1 is 1.19 bits per heavy atom. The Labute approximate surface area is 126 Å². The molecule has 0 radical (unpaired) electrons. The van der Waals surface area contributed by atoms with E-state index >= 15 is 0 Å². The molecule has 1 unspecified atom stereocenters. The zero-order valence-electron chi connectivity index (χ0n) is 12.5. The lowest BCUT2D eigenvalue weighted by Gasteiger charge is -2.26. The van der Waals surface area contributed by atoms with Crippen molar-refractivity contribution in [2.45, 2.75) is 38.6 Å². The molecule has 0 fully saturated rings. The molecule has 21 heavy (non-hydrogen) atoms. The SMILES string of the molecule is Cc1cc(F)ccc1CCNC1CCCc2ccccc21. The van der Waals surface area contributed by atoms with Gasteiger partial charge in [-0.1, -0.05) is 30.3 Å². The molecule has 0 saturated heterocycles. The third-order valence-electron chi connectivity index (χ3n) is 4.46. The summed E-state index contributed by atoms with van der Waals surface area (Å²) >= 11 is 0. The first kappa shape index (κ1) is 14.3. The summed E-state index contributed by atoms with van der Waals surface area (Å²) in [6.45, 7) is 2.92. The number of hydrogen-bond acceptors (Lipinski definition) is 1. The molecular weight excluding hydrogens is 261 g/mol. The normalized spacial score (nSPS) is 17.5. The van der Waals surface area contributed by atoms with Crippen molar-refractivity contribution in [2.24, 2.45) is 0 Å². The third-order valence-corrected chi connectivity index (χ3v) is 4.46. The Morgan fingerprint density at radius 3 is 2.90 bits per heavy atom. The summed E-state index contributed by atoms with van der Waals surface area (Å²) in [6.07, 6.45) is 4.61. The largest absolute Gasteiger partial charge is 0.310 e. The molecule has 110 valence electrons. The van der Waals surface area contributed by atoms with E-state index in [0.717, 1.165) is 18.5 Å². The molecule has 3 rings (SSSR count). The second kappa shape index (κ2) is 6.40. The topological polar surface area (TPSA) is 12.0 Å². The molecule has 1 aliphatic carbocycles. The van der Waals surface area contributed by atoms with E-state index < -0.39 is 0 Å². The summed E-state index contributed by atoms with van der Waals surface area (Å²) in [5.74, 6) is -0.148. The van der Waals surface area contributed by atoms with Crippen LogP contribution in [0.2, 0.25) is 0 Å². The lowest BCUT2D eigenvalue weighted by atomic mass is 9.87. The third kappa shape index (κ3) is 3.33. The zero-order chi connectivity index (χ0) is 14.7. The average molecular weight is 283 g/mol. The molecule has 1 N–H and O–H groups in total. The molecule has 0 spiro atoms. The molecule has 0 heterocycles. The highest BCUT2D eigenvalue weighted by Crippen LogP contribution is 2.29. The van der Waals surface area contributed by atoms with Crippen LogP contribution in [-0.2, 0) is 12.8 Å². The van der Waals surface area contributed by atoms with Crippen LogP contribution in [0.5, 0.6) is 0 Å². The highest BCUT2D eigenvalue weighted by atomic mass is 19.1. The van der Waals surface area contributed by atoms with E-state index in [9.17, 15) is 4.39 Å². The maximum atomic E-state index is 13.1. The van der Waals surface area contributed by atoms with Gasteiger partial charge in [0.25, 0.3) is 0 Å². The van der Waals surface area contributed by atoms with E-state index in [1.54, 1.807) is 12.1 Å². The van der Waals surface area contributed by atoms with Gasteiger partial charge in [0, 0.05) is 6.04 Å². The smallest absolute Gasteiger partial charge is 0.123 e. The first-order valence-electron chi connectivity index (χ1n) is 7.80. The Morgan fingerprint density at radius 2 is 2.05 bits per heavy atom. The molecule has 0 aromatic heterocycles. The van der Waals surface area contributed by atoms with Crippen LogP contribution in [0.4, 0.5) is 4.39 Å². The standard InChI is InChI=1S/C19H22FN/c1-14-13-17(20)10-9-15(14)11-12-21-19-8-4-6-16-5-2-3-7-18(16)19/h2-3,5,7,9-10,13,19,21H,4,6,8,11-12H2,1H3. The number of halogens is 1. The molecular formula is C19H22FN. The average Bonchev–Trinajstić information content (AvgIpc) is 2.50. The molecule has 0 amide bonds. The Balaban J connectivity index is 1.61. The van der Waals surface area contributed by atoms with Crippen molar-refractivity contribution in [3.05, 3.63) is 70.5 Å². The molecule has 2 aromatic carbocycles. The van der Waals surface area contributed by atoms with E-state index in [1.165, 1.54) is 36.0 Å². The predicted molar refractivity (Wildman–Crippen MR) is 85.0 cm³/mol. The van der Waals surface area contributed by atoms with Gasteiger partial charge >= 0.3 is 0 Å². The number of fused-ring (bicyclic) bond motifs is 1. The number of rotatable bonds is 4. The van der Waals surface area contributed by atoms with Crippen molar-refractivity contribution in [3.63, 3.8) is 0 Å². The molecule has 2 aromatic rings. The fourth-order valence-electron chi connectivity index (χ4n) is 3.29. The van der Waals surface area contributed by atoms with Crippen molar-refractivity contribution >= 4 is 0 Å². The number of aryl methyl sites for hydroxylation is 2. The molecule has 0 bridgehead atoms. The van der Waals surface area contributed by atoms with Crippen LogP contribution in [-0.4, -0.2) is 6.54 Å². The molecule has 0 saturated carbocycles. The number of nitrogens with one attached hydrogen (secondary N) is 1. The van der Waals surface area contributed by atoms with Crippen LogP contribution in [0, 0.1) is 12.7 Å². The summed E-state index contributed by atoms with van der Waals surface area (Å²) in [7, 11) is 0. The van der Waals surface area contributed by atoms with Crippen molar-refractivity contribution in [1.82, 2.24) is 5.32 Å². The van der Waals surface area contributed by atoms with Crippen LogP contribution >= 0.6 is 0 Å². The van der Waals surface area contributed by atoms with Gasteiger partial charge < -0.3 is 5.32 Å². The van der Waals surface area contributed by atoms with E-state index in [2.05, 4.69) is 29.6 Å². The summed E-state index contributed by atoms with van der Waals surface area (Å²) in [5.41, 5.74) is 5.22. The first-order chi connectivity index (χ1) is 10.2. The molecule has 1 aliphatic rings. The van der Waals surface area contributed by atoms with Gasteiger partial charge in [-0.2, -0.15) is 0 Å². The highest BCUT2D eigenvalue weighted by molar-refractivity contribution is 5.32. The fourth-order valence-corrected chi connectivity index (χ4v) is 3.29. The fraction of sp³-hybridized carbons (Fsp3) is 0.368. The monoisotopic (exact) mass is 283 g/mol. The second-order valence-corrected chi connectivity index (χ2v) is 5.92. The van der Waals surface area contributed by atoms with Gasteiger partial charge in [0.1, 0.15) is 5.82 Å². The minimum atomic E-state index is -0.148. The van der Waals surface area contributed by atoms with E-state index in [1.807, 2.05) is 13.0 Å². The van der Waals surface area contributed by atoms with Crippen LogP contribution < -0.4 is 5.32 Å². The van der Waals surface area contributed by atoms with Crippen molar-refractivity contribution in [2.75, 3.05) is 6.54 Å². The predicted octanol–water partition coefficient (Wildman–Crippen LogP) is 4.34. The number of benzene rings is 2. The summed E-state index contributed by atoms with van der Waals surface area (Å²) < 4.78 is 13.1. The van der Waals surface area contributed by atoms with Gasteiger partial charge in [0.15, 0.2) is 0 Å². The summed E-state index contributed by atoms with van der Waals surface area (Å²) in [4.78, 5) is 0. The minimum absolute atomic E-state index is 0.148. The Bertz CT molecular complexity index is 621. The van der Waals surface area contributed by atoms with Crippen molar-refractivity contribution < 1.29 is 4.39 Å². The van der Waals surface area contributed by atoms with E-state index in [0.29, 0.717) is 6.04 Å². The lowest BCUT2D eigenvalue weighted by Crippen LogP contribution is -2.27. The molecule has 1 nitrogen and oxygen atoms in total. The van der Waals surface area contributed by atoms with Gasteiger partial charge in [-0.15, -0.1) is 0 Å². The summed E-state index contributed by atoms with van der Waals surface area (Å²) in [6, 6.07) is 14.3. The first-order valence-corrected chi connectivity index (χ1v) is 7.80. The summed E-state index contributed by atoms with van der Waals surface area (Å²) in [5, 5.41) is 3.67. The Kier molecular flexibility index (Phi) is 4.35. The van der Waals surface area contributed by atoms with Crippen molar-refractivity contribution in [1.29, 1.82) is 0 Å². The molecule has 0 aliphatic heterocycles. The van der Waals surface area contributed by atoms with Gasteiger partial charge in [-0.05, 0) is 73.5 Å². The van der Waals surface area contributed by atoms with Gasteiger partial charge in [-0.25, -0.2) is 4.39 Å². The van der Waals surface area contributed by atoms with Crippen LogP contribution in [0.15, 0.2) is 42.5 Å². The van der Waals surface area contributed by atoms with Gasteiger partial charge in [0.05, 0.1) is 0 Å². The number of hydrogen-bond donors (Lipinski definition) is 1. The van der Waals surface area contributed by atoms with Gasteiger partial charge in [-0.3, -0.25) is 0 Å². The second-order valence-electron chi connectivity index (χ2n) is 5.92. The van der Waals surface area contributed by atoms with E-state index in [4.69, 9.17) is 0 Å². The van der Waals surface area contributed by atoms with Crippen LogP contribution in [0.3, 0.4) is 0 Å². The zero-order valence-corrected chi connectivity index (χ0v) is 12.5. The van der Waals surface area contributed by atoms with Crippen LogP contribution in [0.1, 0.15) is 41.1 Å². The maximum Gasteiger partial charge on any atom is 0.123 e. The maximum absolute atomic E-state index is 13.1. The van der Waals surface area contributed by atoms with Crippen LogP contribution in [0.25, 0.3) is 0 Å². The quantitative estimate of drug-likeness (QED) is 0.880. The van der Waals surface area contributed by atoms with Crippen molar-refractivity contribution in [3.8, 4) is 0 Å². The minimum Gasteiger partial charge on any atom is -0.310 e. The molecule has 2 heteroatoms. The molecule has 1 atom stereocenters. The van der Waals surface area contributed by atoms with Gasteiger partial charge in [0.2, 0.25) is 0 Å². The van der Waals surface area contributed by atoms with E-state index in [-0.39, 0.29) is 5.82 Å². The lowest BCUT2D eigenvalue weighted by molar-refractivity contribution is 0.462. The Hall–Kier alpha value is -1.67.